The van der Waals surface area contributed by atoms with E-state index in [4.69, 9.17) is 9.47 Å². The van der Waals surface area contributed by atoms with Gasteiger partial charge < -0.3 is 25.0 Å². The van der Waals surface area contributed by atoms with E-state index in [-0.39, 0.29) is 49.8 Å². The molecule has 1 aromatic heterocycles. The van der Waals surface area contributed by atoms with Crippen LogP contribution in [0.2, 0.25) is 0 Å². The highest BCUT2D eigenvalue weighted by atomic mass is 19.4. The van der Waals surface area contributed by atoms with Crippen molar-refractivity contribution < 1.29 is 32.2 Å². The van der Waals surface area contributed by atoms with E-state index in [2.05, 4.69) is 20.9 Å². The quantitative estimate of drug-likeness (QED) is 0.591. The van der Waals surface area contributed by atoms with E-state index in [1.165, 1.54) is 17.0 Å². The molecule has 2 heterocycles. The Hall–Kier alpha value is -3.19. The smallest absolute Gasteiger partial charge is 0.416 e. The van der Waals surface area contributed by atoms with Gasteiger partial charge in [-0.2, -0.15) is 13.2 Å². The standard InChI is InChI=1S/C24H33F3N6O4/c1-16-11-28-17(2)14-37-22(34)8-5-9-33-12-20(30-31-33)15-36-21(16)13-32(3)23(35)29-19-7-4-6-18(10-19)24(25,26)27/h4,6-7,10,12,16-17,21,28H,5,8-9,11,13-15H2,1-3H3,(H,29,35)/t16-,17-,21-/m0/s1. The van der Waals surface area contributed by atoms with Crippen molar-refractivity contribution in [3.63, 3.8) is 0 Å². The summed E-state index contributed by atoms with van der Waals surface area (Å²) in [6.45, 7) is 5.44. The van der Waals surface area contributed by atoms with E-state index in [0.717, 1.165) is 12.1 Å². The van der Waals surface area contributed by atoms with Gasteiger partial charge in [0.1, 0.15) is 12.3 Å². The number of urea groups is 1. The molecular formula is C24H33F3N6O4. The molecule has 37 heavy (non-hydrogen) atoms. The largest absolute Gasteiger partial charge is 0.464 e. The van der Waals surface area contributed by atoms with Crippen LogP contribution in [0.15, 0.2) is 30.5 Å². The number of nitrogens with zero attached hydrogens (tertiary/aromatic N) is 4. The highest BCUT2D eigenvalue weighted by Crippen LogP contribution is 2.30. The lowest BCUT2D eigenvalue weighted by Gasteiger charge is -2.30. The van der Waals surface area contributed by atoms with E-state index in [1.807, 2.05) is 13.8 Å². The molecule has 10 nitrogen and oxygen atoms in total. The Bertz CT molecular complexity index is 1050. The van der Waals surface area contributed by atoms with Crippen molar-refractivity contribution in [2.75, 3.05) is 32.1 Å². The second-order valence-corrected chi connectivity index (χ2v) is 9.28. The first-order chi connectivity index (χ1) is 17.5. The predicted molar refractivity (Wildman–Crippen MR) is 129 cm³/mol. The number of benzene rings is 1. The van der Waals surface area contributed by atoms with E-state index < -0.39 is 23.9 Å². The summed E-state index contributed by atoms with van der Waals surface area (Å²) in [5.41, 5.74) is -0.203. The molecular weight excluding hydrogens is 493 g/mol. The van der Waals surface area contributed by atoms with Gasteiger partial charge in [0, 0.05) is 44.8 Å². The van der Waals surface area contributed by atoms with Gasteiger partial charge >= 0.3 is 18.2 Å². The minimum Gasteiger partial charge on any atom is -0.464 e. The number of rotatable bonds is 3. The van der Waals surface area contributed by atoms with Crippen molar-refractivity contribution in [1.82, 2.24) is 25.2 Å². The maximum absolute atomic E-state index is 13.0. The molecule has 0 spiro atoms. The van der Waals surface area contributed by atoms with Crippen LogP contribution in [0.3, 0.4) is 0 Å². The number of nitrogens with one attached hydrogen (secondary N) is 2. The molecule has 0 aliphatic carbocycles. The Balaban J connectivity index is 1.67. The number of amides is 2. The molecule has 0 radical (unpaired) electrons. The van der Waals surface area contributed by atoms with Crippen LogP contribution in [0.5, 0.6) is 0 Å². The van der Waals surface area contributed by atoms with Crippen molar-refractivity contribution in [2.45, 2.75) is 58.2 Å². The Morgan fingerprint density at radius 1 is 1.32 bits per heavy atom. The van der Waals surface area contributed by atoms with Crippen LogP contribution in [0, 0.1) is 5.92 Å². The van der Waals surface area contributed by atoms with Gasteiger partial charge in [0.2, 0.25) is 0 Å². The third-order valence-electron chi connectivity index (χ3n) is 5.96. The molecule has 0 saturated heterocycles. The summed E-state index contributed by atoms with van der Waals surface area (Å²) in [5.74, 6) is -0.353. The predicted octanol–water partition coefficient (Wildman–Crippen LogP) is 3.30. The average molecular weight is 527 g/mol. The topological polar surface area (TPSA) is 111 Å². The normalized spacial score (nSPS) is 22.2. The van der Waals surface area contributed by atoms with Crippen molar-refractivity contribution in [3.8, 4) is 0 Å². The molecule has 1 aliphatic heterocycles. The second kappa shape index (κ2) is 12.9. The highest BCUT2D eigenvalue weighted by Gasteiger charge is 2.31. The molecule has 13 heteroatoms. The van der Waals surface area contributed by atoms with E-state index in [0.29, 0.717) is 25.2 Å². The van der Waals surface area contributed by atoms with Gasteiger partial charge in [0.25, 0.3) is 0 Å². The Labute approximate surface area is 213 Å². The number of hydrogen-bond acceptors (Lipinski definition) is 7. The van der Waals surface area contributed by atoms with E-state index in [1.54, 1.807) is 17.9 Å². The first-order valence-corrected chi connectivity index (χ1v) is 12.1. The second-order valence-electron chi connectivity index (χ2n) is 9.28. The van der Waals surface area contributed by atoms with Crippen LogP contribution >= 0.6 is 0 Å². The van der Waals surface area contributed by atoms with Crippen LogP contribution in [0.25, 0.3) is 0 Å². The zero-order valence-corrected chi connectivity index (χ0v) is 21.1. The Morgan fingerprint density at radius 3 is 2.86 bits per heavy atom. The number of hydrogen-bond donors (Lipinski definition) is 2. The lowest BCUT2D eigenvalue weighted by atomic mass is 10.0. The number of halogens is 3. The molecule has 1 aromatic carbocycles. The summed E-state index contributed by atoms with van der Waals surface area (Å²) >= 11 is 0. The van der Waals surface area contributed by atoms with Gasteiger partial charge in [-0.1, -0.05) is 18.2 Å². The van der Waals surface area contributed by atoms with Crippen molar-refractivity contribution in [1.29, 1.82) is 0 Å². The number of fused-ring (bicyclic) bond motifs is 2. The highest BCUT2D eigenvalue weighted by molar-refractivity contribution is 5.89. The molecule has 0 fully saturated rings. The van der Waals surface area contributed by atoms with Crippen LogP contribution in [0.1, 0.15) is 37.9 Å². The first-order valence-electron chi connectivity index (χ1n) is 12.1. The molecule has 0 saturated carbocycles. The van der Waals surface area contributed by atoms with Gasteiger partial charge in [0.05, 0.1) is 24.5 Å². The van der Waals surface area contributed by atoms with Crippen LogP contribution in [-0.2, 0) is 33.6 Å². The number of aromatic nitrogens is 3. The minimum atomic E-state index is -4.51. The number of carbonyl (C=O) groups is 2. The van der Waals surface area contributed by atoms with Gasteiger partial charge in [-0.15, -0.1) is 5.10 Å². The van der Waals surface area contributed by atoms with Gasteiger partial charge in [-0.3, -0.25) is 9.48 Å². The number of aryl methyl sites for hydroxylation is 1. The summed E-state index contributed by atoms with van der Waals surface area (Å²) in [7, 11) is 1.55. The molecule has 2 amide bonds. The molecule has 3 rings (SSSR count). The molecule has 0 unspecified atom stereocenters. The average Bonchev–Trinajstić information content (AvgIpc) is 3.30. The summed E-state index contributed by atoms with van der Waals surface area (Å²) in [6, 6.07) is 3.81. The minimum absolute atomic E-state index is 0.0419. The number of esters is 1. The number of alkyl halides is 3. The summed E-state index contributed by atoms with van der Waals surface area (Å²) < 4.78 is 52.1. The van der Waals surface area contributed by atoms with Crippen molar-refractivity contribution >= 4 is 17.7 Å². The number of carbonyl (C=O) groups excluding carboxylic acids is 2. The maximum atomic E-state index is 13.0. The number of likely N-dealkylation sites (N-methyl/N-ethyl adjacent to an activating group) is 1. The summed E-state index contributed by atoms with van der Waals surface area (Å²) in [5, 5.41) is 14.0. The van der Waals surface area contributed by atoms with E-state index in [9.17, 15) is 22.8 Å². The zero-order valence-electron chi connectivity index (χ0n) is 21.1. The molecule has 204 valence electrons. The number of anilines is 1. The van der Waals surface area contributed by atoms with Crippen LogP contribution < -0.4 is 10.6 Å². The number of cyclic esters (lactones) is 1. The van der Waals surface area contributed by atoms with Crippen molar-refractivity contribution in [2.24, 2.45) is 5.92 Å². The number of ether oxygens (including phenoxy) is 2. The van der Waals surface area contributed by atoms with Crippen molar-refractivity contribution in [3.05, 3.63) is 41.7 Å². The SMILES string of the molecule is C[C@H]1COC(=O)CCCn2cc(nn2)CO[C@@H](CN(C)C(=O)Nc2cccc(C(F)(F)F)c2)[C@@H](C)CN1. The van der Waals surface area contributed by atoms with E-state index >= 15 is 0 Å². The Morgan fingerprint density at radius 2 is 2.11 bits per heavy atom. The van der Waals surface area contributed by atoms with Crippen LogP contribution in [0.4, 0.5) is 23.7 Å². The first kappa shape index (κ1) is 28.4. The monoisotopic (exact) mass is 526 g/mol. The van der Waals surface area contributed by atoms with Gasteiger partial charge in [-0.05, 0) is 37.5 Å². The fraction of sp³-hybridized carbons (Fsp3) is 0.583. The molecule has 3 atom stereocenters. The molecule has 1 aliphatic rings. The summed E-state index contributed by atoms with van der Waals surface area (Å²) in [4.78, 5) is 26.1. The summed E-state index contributed by atoms with van der Waals surface area (Å²) in [6.07, 6.45) is -2.35. The third kappa shape index (κ3) is 9.01. The maximum Gasteiger partial charge on any atom is 0.416 e. The fourth-order valence-electron chi connectivity index (χ4n) is 3.70. The lowest BCUT2D eigenvalue weighted by Crippen LogP contribution is -2.44. The molecule has 2 aromatic rings. The Kier molecular flexibility index (Phi) is 9.86. The third-order valence-corrected chi connectivity index (χ3v) is 5.96. The van der Waals surface area contributed by atoms with Gasteiger partial charge in [-0.25, -0.2) is 4.79 Å². The van der Waals surface area contributed by atoms with Gasteiger partial charge in [0.15, 0.2) is 0 Å². The molecule has 2 N–H and O–H groups in total. The molecule has 2 bridgehead atoms. The lowest BCUT2D eigenvalue weighted by molar-refractivity contribution is -0.144. The fourth-order valence-corrected chi connectivity index (χ4v) is 3.70. The zero-order chi connectivity index (χ0) is 27.0. The van der Waals surface area contributed by atoms with Crippen LogP contribution in [-0.4, -0.2) is 70.8 Å².